The van der Waals surface area contributed by atoms with Gasteiger partial charge in [-0.25, -0.2) is 9.97 Å². The van der Waals surface area contributed by atoms with E-state index in [2.05, 4.69) is 20.2 Å². The summed E-state index contributed by atoms with van der Waals surface area (Å²) in [4.78, 5) is 11.7. The van der Waals surface area contributed by atoms with Crippen LogP contribution in [0.2, 0.25) is 0 Å². The molecule has 2 aliphatic rings. The van der Waals surface area contributed by atoms with Crippen LogP contribution in [0.3, 0.4) is 0 Å². The van der Waals surface area contributed by atoms with E-state index in [9.17, 15) is 13.2 Å². The molecule has 23 heavy (non-hydrogen) atoms. The number of fused-ring (bicyclic) bond motifs is 2. The number of aromatic nitrogens is 2. The maximum atomic E-state index is 12.6. The van der Waals surface area contributed by atoms with Crippen LogP contribution in [0.15, 0.2) is 12.4 Å². The summed E-state index contributed by atoms with van der Waals surface area (Å²) < 4.78 is 37.9. The number of nitrogens with zero attached hydrogens (tertiary/aromatic N) is 3. The third-order valence-electron chi connectivity index (χ3n) is 4.71. The third-order valence-corrected chi connectivity index (χ3v) is 5.75. The van der Waals surface area contributed by atoms with Crippen molar-refractivity contribution in [2.75, 3.05) is 31.1 Å². The van der Waals surface area contributed by atoms with Crippen molar-refractivity contribution in [1.82, 2.24) is 15.3 Å². The summed E-state index contributed by atoms with van der Waals surface area (Å²) in [6, 6.07) is 1.61. The van der Waals surface area contributed by atoms with E-state index >= 15 is 0 Å². The highest BCUT2D eigenvalue weighted by Gasteiger charge is 2.36. The maximum Gasteiger partial charge on any atom is 0.393 e. The number of piperidine rings is 1. The molecule has 0 saturated carbocycles. The van der Waals surface area contributed by atoms with Crippen LogP contribution in [0.5, 0.6) is 0 Å². The molecule has 0 unspecified atom stereocenters. The van der Waals surface area contributed by atoms with Crippen molar-refractivity contribution in [1.29, 1.82) is 0 Å². The van der Waals surface area contributed by atoms with Crippen LogP contribution in [-0.2, 0) is 6.42 Å². The van der Waals surface area contributed by atoms with Crippen molar-refractivity contribution in [3.63, 3.8) is 0 Å². The lowest BCUT2D eigenvalue weighted by Crippen LogP contribution is -2.35. The second kappa shape index (κ2) is 5.59. The highest BCUT2D eigenvalue weighted by atomic mass is 32.1. The van der Waals surface area contributed by atoms with Crippen LogP contribution in [0, 0.1) is 11.8 Å². The van der Waals surface area contributed by atoms with Gasteiger partial charge >= 0.3 is 6.18 Å². The van der Waals surface area contributed by atoms with Crippen LogP contribution in [-0.4, -0.2) is 42.3 Å². The summed E-state index contributed by atoms with van der Waals surface area (Å²) in [5.41, 5.74) is 0. The molecule has 2 fully saturated rings. The first-order valence-electron chi connectivity index (χ1n) is 7.75. The summed E-state index contributed by atoms with van der Waals surface area (Å²) >= 11 is 1.11. The predicted molar refractivity (Wildman–Crippen MR) is 83.9 cm³/mol. The monoisotopic (exact) mass is 342 g/mol. The Morgan fingerprint density at radius 1 is 1.26 bits per heavy atom. The normalized spacial score (nSPS) is 25.1. The first kappa shape index (κ1) is 15.1. The predicted octanol–water partition coefficient (Wildman–Crippen LogP) is 2.84. The molecular weight excluding hydrogens is 325 g/mol. The average molecular weight is 342 g/mol. The highest BCUT2D eigenvalue weighted by molar-refractivity contribution is 7.18. The fraction of sp³-hybridized carbons (Fsp3) is 0.600. The van der Waals surface area contributed by atoms with Gasteiger partial charge in [-0.05, 0) is 37.4 Å². The summed E-state index contributed by atoms with van der Waals surface area (Å²) in [6.45, 7) is 3.90. The van der Waals surface area contributed by atoms with E-state index in [1.54, 1.807) is 6.07 Å². The molecule has 8 heteroatoms. The molecule has 0 bridgehead atoms. The highest BCUT2D eigenvalue weighted by Crippen LogP contribution is 2.37. The summed E-state index contributed by atoms with van der Waals surface area (Å²) in [6.07, 6.45) is -2.48. The molecule has 2 aliphatic heterocycles. The zero-order chi connectivity index (χ0) is 16.0. The van der Waals surface area contributed by atoms with Crippen molar-refractivity contribution >= 4 is 27.4 Å². The van der Waals surface area contributed by atoms with E-state index < -0.39 is 12.6 Å². The zero-order valence-corrected chi connectivity index (χ0v) is 13.3. The Balaban J connectivity index is 1.65. The van der Waals surface area contributed by atoms with Gasteiger partial charge in [0.25, 0.3) is 0 Å². The maximum absolute atomic E-state index is 12.6. The van der Waals surface area contributed by atoms with Gasteiger partial charge < -0.3 is 10.2 Å². The summed E-state index contributed by atoms with van der Waals surface area (Å²) in [5.74, 6) is 2.03. The zero-order valence-electron chi connectivity index (χ0n) is 12.4. The van der Waals surface area contributed by atoms with Gasteiger partial charge in [-0.3, -0.25) is 0 Å². The molecule has 4 heterocycles. The van der Waals surface area contributed by atoms with Crippen LogP contribution in [0.1, 0.15) is 11.3 Å². The summed E-state index contributed by atoms with van der Waals surface area (Å²) in [5, 5.41) is 4.17. The quantitative estimate of drug-likeness (QED) is 0.911. The van der Waals surface area contributed by atoms with Gasteiger partial charge in [0, 0.05) is 18.0 Å². The van der Waals surface area contributed by atoms with Gasteiger partial charge in [-0.15, -0.1) is 11.3 Å². The Morgan fingerprint density at radius 3 is 2.87 bits per heavy atom. The van der Waals surface area contributed by atoms with Gasteiger partial charge in [0.1, 0.15) is 17.0 Å². The number of halogens is 3. The molecule has 4 nitrogen and oxygen atoms in total. The van der Waals surface area contributed by atoms with E-state index in [-0.39, 0.29) is 0 Å². The number of alkyl halides is 3. The van der Waals surface area contributed by atoms with Gasteiger partial charge in [-0.1, -0.05) is 0 Å². The number of thiophene rings is 1. The van der Waals surface area contributed by atoms with Crippen LogP contribution >= 0.6 is 11.3 Å². The van der Waals surface area contributed by atoms with E-state index in [0.29, 0.717) is 21.5 Å². The van der Waals surface area contributed by atoms with Crippen LogP contribution in [0.25, 0.3) is 10.2 Å². The van der Waals surface area contributed by atoms with Gasteiger partial charge in [0.15, 0.2) is 0 Å². The smallest absolute Gasteiger partial charge is 0.355 e. The average Bonchev–Trinajstić information content (AvgIpc) is 3.07. The third kappa shape index (κ3) is 3.01. The van der Waals surface area contributed by atoms with Gasteiger partial charge in [-0.2, -0.15) is 13.2 Å². The molecular formula is C15H17F3N4S. The van der Waals surface area contributed by atoms with Gasteiger partial charge in [0.05, 0.1) is 11.8 Å². The minimum atomic E-state index is -4.19. The lowest BCUT2D eigenvalue weighted by Gasteiger charge is -2.23. The van der Waals surface area contributed by atoms with E-state index in [1.165, 1.54) is 6.33 Å². The summed E-state index contributed by atoms with van der Waals surface area (Å²) in [7, 11) is 0. The van der Waals surface area contributed by atoms with Crippen molar-refractivity contribution < 1.29 is 13.2 Å². The topological polar surface area (TPSA) is 41.0 Å². The Hall–Kier alpha value is -1.41. The molecule has 0 spiro atoms. The van der Waals surface area contributed by atoms with Crippen molar-refractivity contribution in [2.45, 2.75) is 19.0 Å². The van der Waals surface area contributed by atoms with Crippen molar-refractivity contribution in [3.05, 3.63) is 17.3 Å². The van der Waals surface area contributed by atoms with E-state index in [0.717, 1.165) is 55.1 Å². The van der Waals surface area contributed by atoms with Crippen molar-refractivity contribution in [3.8, 4) is 0 Å². The fourth-order valence-electron chi connectivity index (χ4n) is 3.67. The molecule has 0 radical (unpaired) electrons. The van der Waals surface area contributed by atoms with Crippen molar-refractivity contribution in [2.24, 2.45) is 11.8 Å². The number of hydrogen-bond acceptors (Lipinski definition) is 5. The number of nitrogens with one attached hydrogen (secondary N) is 1. The van der Waals surface area contributed by atoms with E-state index in [1.807, 2.05) is 0 Å². The molecule has 1 N–H and O–H groups in total. The number of anilines is 1. The molecule has 2 atom stereocenters. The second-order valence-corrected chi connectivity index (χ2v) is 7.45. The lowest BCUT2D eigenvalue weighted by atomic mass is 9.90. The van der Waals surface area contributed by atoms with Crippen LogP contribution < -0.4 is 10.2 Å². The Bertz CT molecular complexity index is 700. The minimum absolute atomic E-state index is 0.299. The Kier molecular flexibility index (Phi) is 3.68. The second-order valence-electron chi connectivity index (χ2n) is 6.34. The Morgan fingerprint density at radius 2 is 2.09 bits per heavy atom. The van der Waals surface area contributed by atoms with Gasteiger partial charge in [0.2, 0.25) is 0 Å². The molecule has 124 valence electrons. The fourth-order valence-corrected chi connectivity index (χ4v) is 4.70. The number of rotatable bonds is 2. The first-order valence-corrected chi connectivity index (χ1v) is 8.57. The SMILES string of the molecule is FC(F)(F)Cc1cc2c(N3C[C@H]4CCNC[C@H]4C3)ncnc2s1. The molecule has 2 aromatic rings. The molecule has 4 rings (SSSR count). The molecule has 2 saturated heterocycles. The largest absolute Gasteiger partial charge is 0.393 e. The number of hydrogen-bond donors (Lipinski definition) is 1. The van der Waals surface area contributed by atoms with E-state index in [4.69, 9.17) is 0 Å². The molecule has 0 amide bonds. The Labute approximate surface area is 135 Å². The molecule has 0 aromatic carbocycles. The first-order chi connectivity index (χ1) is 11.0. The minimum Gasteiger partial charge on any atom is -0.355 e. The standard InChI is InChI=1S/C15H17F3N4S/c16-15(17,18)4-11-3-12-13(20-8-21-14(12)23-11)22-6-9-1-2-19-5-10(9)7-22/h3,8-10,19H,1-2,4-7H2/t9-,10+/m1/s1. The molecule has 0 aliphatic carbocycles. The molecule has 2 aromatic heterocycles. The lowest BCUT2D eigenvalue weighted by molar-refractivity contribution is -0.126. The van der Waals surface area contributed by atoms with Crippen LogP contribution in [0.4, 0.5) is 19.0 Å².